The normalized spacial score (nSPS) is 15.2. The van der Waals surface area contributed by atoms with Crippen molar-refractivity contribution in [2.45, 2.75) is 32.6 Å². The number of para-hydroxylation sites is 2. The number of aromatic nitrogens is 1. The Bertz CT molecular complexity index is 3070. The molecule has 9 aromatic rings. The van der Waals surface area contributed by atoms with Crippen LogP contribution in [0.1, 0.15) is 48.7 Å². The summed E-state index contributed by atoms with van der Waals surface area (Å²) < 4.78 is 2.48. The molecule has 0 aliphatic heterocycles. The SMILES string of the molecule is CC1Cc2c(c3ccccc3n2-c2ccccc2)C=C1c1ccc(N(c2cccc(-c3ccccc3)c2)c2ccc3c(c2)C(C)(C)c2ccccc2-3)c2ccccc12. The van der Waals surface area contributed by atoms with E-state index in [9.17, 15) is 0 Å². The Labute approximate surface area is 341 Å². The molecule has 11 rings (SSSR count). The lowest BCUT2D eigenvalue weighted by Gasteiger charge is -2.30. The van der Waals surface area contributed by atoms with Gasteiger partial charge in [-0.15, -0.1) is 0 Å². The van der Waals surface area contributed by atoms with Crippen molar-refractivity contribution in [1.82, 2.24) is 4.57 Å². The molecule has 8 aromatic carbocycles. The van der Waals surface area contributed by atoms with E-state index in [-0.39, 0.29) is 5.41 Å². The van der Waals surface area contributed by atoms with Gasteiger partial charge in [-0.2, -0.15) is 0 Å². The molecule has 1 unspecified atom stereocenters. The van der Waals surface area contributed by atoms with Crippen LogP contribution < -0.4 is 4.90 Å². The van der Waals surface area contributed by atoms with Gasteiger partial charge in [0.1, 0.15) is 0 Å². The predicted octanol–water partition coefficient (Wildman–Crippen LogP) is 15.0. The molecule has 0 bridgehead atoms. The standard InChI is InChI=1S/C56H44N2/c1-37-33-55-50(48-26-13-15-28-53(48)58(55)40-20-8-5-9-21-40)36-49(37)44-31-32-54(47-25-11-10-23-43(44)47)57(41-22-16-19-39(34-41)38-17-6-4-7-18-38)42-29-30-46-45-24-12-14-27-51(45)56(2,3)52(46)35-42/h4-32,34-37H,33H2,1-3H3. The highest BCUT2D eigenvalue weighted by atomic mass is 15.1. The molecule has 2 aliphatic carbocycles. The zero-order valence-electron chi connectivity index (χ0n) is 33.2. The Morgan fingerprint density at radius 2 is 1.16 bits per heavy atom. The van der Waals surface area contributed by atoms with Gasteiger partial charge in [0.15, 0.2) is 0 Å². The van der Waals surface area contributed by atoms with E-state index < -0.39 is 0 Å². The number of nitrogens with zero attached hydrogens (tertiary/aromatic N) is 2. The van der Waals surface area contributed by atoms with Gasteiger partial charge in [0.05, 0.1) is 11.2 Å². The Morgan fingerprint density at radius 1 is 0.517 bits per heavy atom. The smallest absolute Gasteiger partial charge is 0.0540 e. The van der Waals surface area contributed by atoms with E-state index in [0.29, 0.717) is 5.92 Å². The lowest BCUT2D eigenvalue weighted by atomic mass is 9.81. The first kappa shape index (κ1) is 34.4. The highest BCUT2D eigenvalue weighted by molar-refractivity contribution is 6.08. The molecule has 0 N–H and O–H groups in total. The summed E-state index contributed by atoms with van der Waals surface area (Å²) in [6.07, 6.45) is 3.46. The molecule has 2 aliphatic rings. The summed E-state index contributed by atoms with van der Waals surface area (Å²) in [7, 11) is 0. The average Bonchev–Trinajstić information content (AvgIpc) is 3.71. The van der Waals surface area contributed by atoms with E-state index >= 15 is 0 Å². The maximum absolute atomic E-state index is 2.49. The third kappa shape index (κ3) is 5.32. The predicted molar refractivity (Wildman–Crippen MR) is 246 cm³/mol. The van der Waals surface area contributed by atoms with Crippen molar-refractivity contribution in [3.05, 3.63) is 216 Å². The second kappa shape index (κ2) is 13.4. The fourth-order valence-electron chi connectivity index (χ4n) is 10.0. The average molecular weight is 745 g/mol. The van der Waals surface area contributed by atoms with Crippen molar-refractivity contribution < 1.29 is 0 Å². The summed E-state index contributed by atoms with van der Waals surface area (Å²) in [5.41, 5.74) is 19.1. The molecule has 0 spiro atoms. The van der Waals surface area contributed by atoms with E-state index in [2.05, 4.69) is 224 Å². The van der Waals surface area contributed by atoms with Crippen molar-refractivity contribution in [3.63, 3.8) is 0 Å². The number of benzene rings is 8. The minimum absolute atomic E-state index is 0.114. The summed E-state index contributed by atoms with van der Waals surface area (Å²) in [4.78, 5) is 2.49. The van der Waals surface area contributed by atoms with Crippen LogP contribution in [0, 0.1) is 5.92 Å². The molecule has 278 valence electrons. The topological polar surface area (TPSA) is 8.17 Å². The Kier molecular flexibility index (Phi) is 7.91. The molecule has 0 radical (unpaired) electrons. The highest BCUT2D eigenvalue weighted by Gasteiger charge is 2.36. The maximum atomic E-state index is 2.49. The first-order valence-corrected chi connectivity index (χ1v) is 20.6. The van der Waals surface area contributed by atoms with Crippen LogP contribution >= 0.6 is 0 Å². The monoisotopic (exact) mass is 744 g/mol. The van der Waals surface area contributed by atoms with Crippen LogP contribution in [0.15, 0.2) is 188 Å². The van der Waals surface area contributed by atoms with Gasteiger partial charge >= 0.3 is 0 Å². The third-order valence-corrected chi connectivity index (χ3v) is 12.9. The van der Waals surface area contributed by atoms with E-state index in [4.69, 9.17) is 0 Å². The highest BCUT2D eigenvalue weighted by Crippen LogP contribution is 2.52. The fourth-order valence-corrected chi connectivity index (χ4v) is 10.0. The van der Waals surface area contributed by atoms with Crippen molar-refractivity contribution in [2.24, 2.45) is 5.92 Å². The second-order valence-electron chi connectivity index (χ2n) is 16.6. The molecule has 0 fully saturated rings. The molecule has 2 nitrogen and oxygen atoms in total. The third-order valence-electron chi connectivity index (χ3n) is 12.9. The van der Waals surface area contributed by atoms with Crippen LogP contribution in [-0.4, -0.2) is 4.57 Å². The molecular weight excluding hydrogens is 701 g/mol. The number of hydrogen-bond donors (Lipinski definition) is 0. The van der Waals surface area contributed by atoms with Crippen LogP contribution in [-0.2, 0) is 11.8 Å². The quantitative estimate of drug-likeness (QED) is 0.165. The van der Waals surface area contributed by atoms with Gasteiger partial charge < -0.3 is 9.47 Å². The number of rotatable bonds is 6. The van der Waals surface area contributed by atoms with E-state index in [0.717, 1.165) is 17.8 Å². The van der Waals surface area contributed by atoms with E-state index in [1.807, 2.05) is 0 Å². The molecule has 1 aromatic heterocycles. The van der Waals surface area contributed by atoms with Crippen LogP contribution in [0.25, 0.3) is 61.3 Å². The van der Waals surface area contributed by atoms with Crippen LogP contribution in [0.2, 0.25) is 0 Å². The van der Waals surface area contributed by atoms with Crippen LogP contribution in [0.5, 0.6) is 0 Å². The molecule has 2 heteroatoms. The molecule has 1 atom stereocenters. The van der Waals surface area contributed by atoms with E-state index in [1.54, 1.807) is 0 Å². The van der Waals surface area contributed by atoms with Crippen molar-refractivity contribution in [2.75, 3.05) is 4.90 Å². The Hall–Kier alpha value is -6.90. The first-order valence-electron chi connectivity index (χ1n) is 20.6. The zero-order chi connectivity index (χ0) is 39.0. The summed E-state index contributed by atoms with van der Waals surface area (Å²) >= 11 is 0. The van der Waals surface area contributed by atoms with Crippen molar-refractivity contribution in [3.8, 4) is 27.9 Å². The lowest BCUT2D eigenvalue weighted by Crippen LogP contribution is -2.17. The largest absolute Gasteiger partial charge is 0.313 e. The molecule has 0 amide bonds. The van der Waals surface area contributed by atoms with Gasteiger partial charge in [0.25, 0.3) is 0 Å². The molecule has 58 heavy (non-hydrogen) atoms. The fraction of sp³-hybridized carbons (Fsp3) is 0.107. The summed E-state index contributed by atoms with van der Waals surface area (Å²) in [6.45, 7) is 7.14. The molecule has 0 saturated carbocycles. The summed E-state index contributed by atoms with van der Waals surface area (Å²) in [5, 5.41) is 3.81. The number of fused-ring (bicyclic) bond motifs is 7. The van der Waals surface area contributed by atoms with E-state index in [1.165, 1.54) is 88.8 Å². The zero-order valence-corrected chi connectivity index (χ0v) is 33.2. The second-order valence-corrected chi connectivity index (χ2v) is 16.6. The van der Waals surface area contributed by atoms with Gasteiger partial charge in [-0.05, 0) is 117 Å². The van der Waals surface area contributed by atoms with Gasteiger partial charge in [0, 0.05) is 44.5 Å². The van der Waals surface area contributed by atoms with Crippen LogP contribution in [0.3, 0.4) is 0 Å². The van der Waals surface area contributed by atoms with Gasteiger partial charge in [-0.25, -0.2) is 0 Å². The Morgan fingerprint density at radius 3 is 1.98 bits per heavy atom. The number of hydrogen-bond acceptors (Lipinski definition) is 1. The molecule has 1 heterocycles. The number of anilines is 3. The van der Waals surface area contributed by atoms with Gasteiger partial charge in [-0.1, -0.05) is 160 Å². The summed E-state index contributed by atoms with van der Waals surface area (Å²) in [6, 6.07) is 69.3. The minimum atomic E-state index is -0.114. The van der Waals surface area contributed by atoms with Crippen molar-refractivity contribution >= 4 is 50.4 Å². The van der Waals surface area contributed by atoms with Gasteiger partial charge in [0.2, 0.25) is 0 Å². The Balaban J connectivity index is 1.11. The first-order chi connectivity index (χ1) is 28.5. The van der Waals surface area contributed by atoms with Crippen LogP contribution in [0.4, 0.5) is 17.1 Å². The number of allylic oxidation sites excluding steroid dienone is 1. The molecule has 0 saturated heterocycles. The van der Waals surface area contributed by atoms with Gasteiger partial charge in [-0.3, -0.25) is 0 Å². The minimum Gasteiger partial charge on any atom is -0.313 e. The molecular formula is C56H44N2. The lowest BCUT2D eigenvalue weighted by molar-refractivity contribution is 0.660. The maximum Gasteiger partial charge on any atom is 0.0540 e. The van der Waals surface area contributed by atoms with Crippen molar-refractivity contribution in [1.29, 1.82) is 0 Å². The summed E-state index contributed by atoms with van der Waals surface area (Å²) in [5.74, 6) is 0.327.